The monoisotopic (exact) mass is 296 g/mol. The maximum Gasteiger partial charge on any atom is 0.387 e. The molecule has 0 amide bonds. The summed E-state index contributed by atoms with van der Waals surface area (Å²) >= 11 is 5.48. The first kappa shape index (κ1) is 14.5. The highest BCUT2D eigenvalue weighted by Crippen LogP contribution is 2.23. The van der Waals surface area contributed by atoms with Crippen LogP contribution in [-0.2, 0) is 0 Å². The van der Waals surface area contributed by atoms with Crippen LogP contribution in [0.25, 0.3) is 11.1 Å². The Balaban J connectivity index is 2.17. The standard InChI is InChI=1S/C15H11ClF2O2/c16-9-14(19)12-3-1-10(2-4-12)11-5-7-13(8-6-11)20-15(17)18/h1-8,15H,9H2. The van der Waals surface area contributed by atoms with E-state index >= 15 is 0 Å². The molecule has 0 aromatic heterocycles. The van der Waals surface area contributed by atoms with Crippen molar-refractivity contribution in [2.24, 2.45) is 0 Å². The van der Waals surface area contributed by atoms with Gasteiger partial charge in [-0.25, -0.2) is 0 Å². The Morgan fingerprint density at radius 1 is 1.00 bits per heavy atom. The molecule has 0 aliphatic carbocycles. The lowest BCUT2D eigenvalue weighted by Crippen LogP contribution is -2.01. The molecule has 2 aromatic carbocycles. The van der Waals surface area contributed by atoms with Crippen molar-refractivity contribution in [3.63, 3.8) is 0 Å². The Morgan fingerprint density at radius 2 is 1.50 bits per heavy atom. The normalized spacial score (nSPS) is 10.6. The van der Waals surface area contributed by atoms with E-state index in [1.807, 2.05) is 0 Å². The van der Waals surface area contributed by atoms with Crippen molar-refractivity contribution in [1.29, 1.82) is 0 Å². The van der Waals surface area contributed by atoms with Crippen molar-refractivity contribution < 1.29 is 18.3 Å². The largest absolute Gasteiger partial charge is 0.435 e. The summed E-state index contributed by atoms with van der Waals surface area (Å²) in [5.74, 6) is -0.0875. The van der Waals surface area contributed by atoms with Gasteiger partial charge in [0, 0.05) is 5.56 Å². The Hall–Kier alpha value is -1.94. The summed E-state index contributed by atoms with van der Waals surface area (Å²) < 4.78 is 28.3. The number of hydrogen-bond donors (Lipinski definition) is 0. The van der Waals surface area contributed by atoms with E-state index in [-0.39, 0.29) is 17.4 Å². The number of carbonyl (C=O) groups is 1. The van der Waals surface area contributed by atoms with Gasteiger partial charge < -0.3 is 4.74 Å². The van der Waals surface area contributed by atoms with Crippen molar-refractivity contribution in [3.8, 4) is 16.9 Å². The van der Waals surface area contributed by atoms with Gasteiger partial charge in [-0.2, -0.15) is 8.78 Å². The Kier molecular flexibility index (Phi) is 4.69. The molecule has 0 aliphatic heterocycles. The topological polar surface area (TPSA) is 26.3 Å². The first-order chi connectivity index (χ1) is 9.60. The van der Waals surface area contributed by atoms with Gasteiger partial charge in [0.05, 0.1) is 5.88 Å². The molecule has 0 heterocycles. The molecular weight excluding hydrogens is 286 g/mol. The van der Waals surface area contributed by atoms with Crippen molar-refractivity contribution in [2.75, 3.05) is 5.88 Å². The van der Waals surface area contributed by atoms with Crippen LogP contribution in [-0.4, -0.2) is 18.3 Å². The van der Waals surface area contributed by atoms with Crippen molar-refractivity contribution in [2.45, 2.75) is 6.61 Å². The first-order valence-corrected chi connectivity index (χ1v) is 6.38. The van der Waals surface area contributed by atoms with E-state index in [1.54, 1.807) is 36.4 Å². The minimum absolute atomic E-state index is 0.0565. The van der Waals surface area contributed by atoms with E-state index < -0.39 is 6.61 Å². The molecule has 5 heteroatoms. The van der Waals surface area contributed by atoms with E-state index in [9.17, 15) is 13.6 Å². The summed E-state index contributed by atoms with van der Waals surface area (Å²) in [5.41, 5.74) is 2.26. The molecular formula is C15H11ClF2O2. The van der Waals surface area contributed by atoms with Gasteiger partial charge in [0.25, 0.3) is 0 Å². The molecule has 0 spiro atoms. The number of Topliss-reactive ketones (excluding diaryl/α,β-unsaturated/α-hetero) is 1. The maximum atomic E-state index is 12.0. The molecule has 0 saturated heterocycles. The van der Waals surface area contributed by atoms with Crippen molar-refractivity contribution in [3.05, 3.63) is 54.1 Å². The van der Waals surface area contributed by atoms with Gasteiger partial charge in [-0.05, 0) is 23.3 Å². The lowest BCUT2D eigenvalue weighted by molar-refractivity contribution is -0.0498. The minimum atomic E-state index is -2.83. The molecule has 2 nitrogen and oxygen atoms in total. The van der Waals surface area contributed by atoms with E-state index in [1.165, 1.54) is 12.1 Å². The second-order valence-electron chi connectivity index (χ2n) is 4.04. The number of carbonyl (C=O) groups excluding carboxylic acids is 1. The van der Waals surface area contributed by atoms with Gasteiger partial charge in [0.15, 0.2) is 5.78 Å². The van der Waals surface area contributed by atoms with E-state index in [2.05, 4.69) is 4.74 Å². The predicted octanol–water partition coefficient (Wildman–Crippen LogP) is 4.38. The third-order valence-electron chi connectivity index (χ3n) is 2.74. The predicted molar refractivity (Wildman–Crippen MR) is 73.6 cm³/mol. The van der Waals surface area contributed by atoms with Gasteiger partial charge in [0.2, 0.25) is 0 Å². The quantitative estimate of drug-likeness (QED) is 0.605. The van der Waals surface area contributed by atoms with Crippen LogP contribution >= 0.6 is 11.6 Å². The number of halogens is 3. The third kappa shape index (κ3) is 3.54. The maximum absolute atomic E-state index is 12.0. The molecule has 0 radical (unpaired) electrons. The van der Waals surface area contributed by atoms with Gasteiger partial charge in [0.1, 0.15) is 5.75 Å². The Morgan fingerprint density at radius 3 is 1.95 bits per heavy atom. The molecule has 0 atom stereocenters. The number of rotatable bonds is 5. The zero-order valence-electron chi connectivity index (χ0n) is 10.4. The summed E-state index contributed by atoms with van der Waals surface area (Å²) in [6.45, 7) is -2.83. The molecule has 104 valence electrons. The van der Waals surface area contributed by atoms with Crippen LogP contribution in [0.4, 0.5) is 8.78 Å². The van der Waals surface area contributed by atoms with Crippen molar-refractivity contribution >= 4 is 17.4 Å². The van der Waals surface area contributed by atoms with Gasteiger partial charge in [-0.3, -0.25) is 4.79 Å². The highest BCUT2D eigenvalue weighted by Gasteiger charge is 2.06. The molecule has 0 fully saturated rings. The van der Waals surface area contributed by atoms with Gasteiger partial charge >= 0.3 is 6.61 Å². The summed E-state index contributed by atoms with van der Waals surface area (Å²) in [6.07, 6.45) is 0. The van der Waals surface area contributed by atoms with E-state index in [4.69, 9.17) is 11.6 Å². The third-order valence-corrected chi connectivity index (χ3v) is 2.98. The van der Waals surface area contributed by atoms with Crippen LogP contribution < -0.4 is 4.74 Å². The first-order valence-electron chi connectivity index (χ1n) is 5.84. The molecule has 0 aliphatic rings. The second-order valence-corrected chi connectivity index (χ2v) is 4.30. The zero-order valence-corrected chi connectivity index (χ0v) is 11.1. The fourth-order valence-corrected chi connectivity index (χ4v) is 1.91. The number of ketones is 1. The van der Waals surface area contributed by atoms with E-state index in [0.29, 0.717) is 5.56 Å². The highest BCUT2D eigenvalue weighted by atomic mass is 35.5. The lowest BCUT2D eigenvalue weighted by atomic mass is 10.0. The van der Waals surface area contributed by atoms with Crippen LogP contribution in [0.2, 0.25) is 0 Å². The van der Waals surface area contributed by atoms with Gasteiger partial charge in [-0.1, -0.05) is 36.4 Å². The van der Waals surface area contributed by atoms with Crippen molar-refractivity contribution in [1.82, 2.24) is 0 Å². The SMILES string of the molecule is O=C(CCl)c1ccc(-c2ccc(OC(F)F)cc2)cc1. The minimum Gasteiger partial charge on any atom is -0.435 e. The average molecular weight is 297 g/mol. The molecule has 0 N–H and O–H groups in total. The zero-order chi connectivity index (χ0) is 14.5. The Labute approximate surface area is 119 Å². The summed E-state index contributed by atoms with van der Waals surface area (Å²) in [6, 6.07) is 13.2. The fourth-order valence-electron chi connectivity index (χ4n) is 1.75. The Bertz CT molecular complexity index is 580. The number of benzene rings is 2. The average Bonchev–Trinajstić information content (AvgIpc) is 2.47. The lowest BCUT2D eigenvalue weighted by Gasteiger charge is -2.06. The number of alkyl halides is 3. The smallest absolute Gasteiger partial charge is 0.387 e. The molecule has 0 unspecified atom stereocenters. The van der Waals surface area contributed by atoms with E-state index in [0.717, 1.165) is 11.1 Å². The molecule has 0 bridgehead atoms. The van der Waals surface area contributed by atoms with Crippen LogP contribution in [0, 0.1) is 0 Å². The highest BCUT2D eigenvalue weighted by molar-refractivity contribution is 6.30. The van der Waals surface area contributed by atoms with Crippen LogP contribution in [0.5, 0.6) is 5.75 Å². The molecule has 0 saturated carbocycles. The molecule has 20 heavy (non-hydrogen) atoms. The number of hydrogen-bond acceptors (Lipinski definition) is 2. The second kappa shape index (κ2) is 6.48. The fraction of sp³-hybridized carbons (Fsp3) is 0.133. The van der Waals surface area contributed by atoms with Crippen LogP contribution in [0.3, 0.4) is 0 Å². The number of ether oxygens (including phenoxy) is 1. The van der Waals surface area contributed by atoms with Crippen LogP contribution in [0.15, 0.2) is 48.5 Å². The summed E-state index contributed by atoms with van der Waals surface area (Å²) in [7, 11) is 0. The molecule has 2 aromatic rings. The molecule has 2 rings (SSSR count). The van der Waals surface area contributed by atoms with Crippen LogP contribution in [0.1, 0.15) is 10.4 Å². The summed E-state index contributed by atoms with van der Waals surface area (Å²) in [4.78, 5) is 11.4. The van der Waals surface area contributed by atoms with Gasteiger partial charge in [-0.15, -0.1) is 11.6 Å². The summed E-state index contributed by atoms with van der Waals surface area (Å²) in [5, 5.41) is 0.